The fraction of sp³-hybridized carbons (Fsp3) is 0.483. The summed E-state index contributed by atoms with van der Waals surface area (Å²) in [5, 5.41) is 93.0. The Morgan fingerprint density at radius 1 is 0.804 bits per heavy atom. The number of rotatable bonds is 8. The van der Waals surface area contributed by atoms with E-state index >= 15 is 0 Å². The van der Waals surface area contributed by atoms with E-state index in [1.54, 1.807) is 0 Å². The molecule has 2 aliphatic rings. The minimum Gasteiger partial charge on any atom is -0.507 e. The molecule has 0 bridgehead atoms. The van der Waals surface area contributed by atoms with Gasteiger partial charge < -0.3 is 78.8 Å². The molecule has 2 fully saturated rings. The highest BCUT2D eigenvalue weighted by molar-refractivity contribution is 5.93. The summed E-state index contributed by atoms with van der Waals surface area (Å²) in [6, 6.07) is 4.76. The first-order chi connectivity index (χ1) is 21.8. The first kappa shape index (κ1) is 33.5. The van der Waals surface area contributed by atoms with Crippen LogP contribution in [0.5, 0.6) is 34.5 Å². The monoisotopic (exact) mass is 654 g/mol. The molecule has 4 unspecified atom stereocenters. The molecule has 2 aromatic carbocycles. The highest BCUT2D eigenvalue weighted by Crippen LogP contribution is 2.45. The molecule has 0 radical (unpaired) electrons. The normalized spacial score (nSPS) is 31.5. The van der Waals surface area contributed by atoms with Crippen LogP contribution in [0.25, 0.3) is 22.3 Å². The minimum absolute atomic E-state index is 0.00491. The summed E-state index contributed by atoms with van der Waals surface area (Å²) in [7, 11) is 2.45. The van der Waals surface area contributed by atoms with Gasteiger partial charge in [-0.2, -0.15) is 0 Å². The van der Waals surface area contributed by atoms with E-state index in [1.807, 2.05) is 0 Å². The molecule has 2 saturated heterocycles. The van der Waals surface area contributed by atoms with E-state index in [1.165, 1.54) is 39.3 Å². The second-order valence-electron chi connectivity index (χ2n) is 10.7. The maximum absolute atomic E-state index is 13.2. The number of phenolic OH excluding ortho intramolecular Hbond substituents is 2. The Balaban J connectivity index is 1.58. The van der Waals surface area contributed by atoms with E-state index in [-0.39, 0.29) is 28.6 Å². The van der Waals surface area contributed by atoms with Gasteiger partial charge in [0.1, 0.15) is 47.8 Å². The van der Waals surface area contributed by atoms with Crippen LogP contribution in [-0.2, 0) is 14.2 Å². The third-order valence-corrected chi connectivity index (χ3v) is 7.86. The Morgan fingerprint density at radius 3 is 2.17 bits per heavy atom. The van der Waals surface area contributed by atoms with Gasteiger partial charge in [0.15, 0.2) is 41.0 Å². The van der Waals surface area contributed by atoms with Gasteiger partial charge in [0.25, 0.3) is 0 Å². The second kappa shape index (κ2) is 13.1. The highest BCUT2D eigenvalue weighted by Gasteiger charge is 2.51. The van der Waals surface area contributed by atoms with Crippen molar-refractivity contribution in [1.82, 2.24) is 0 Å². The zero-order valence-electron chi connectivity index (χ0n) is 24.6. The smallest absolute Gasteiger partial charge is 0.238 e. The van der Waals surface area contributed by atoms with Crippen LogP contribution in [0.4, 0.5) is 0 Å². The zero-order chi connectivity index (χ0) is 33.6. The number of aliphatic hydroxyl groups is 6. The van der Waals surface area contributed by atoms with Crippen molar-refractivity contribution >= 4 is 11.0 Å². The standard InChI is InChI=1S/C29H34O17/c1-9-17(33)20(36)23(39)28(42-9)46-27-21(37)18(34)15(8-30)44-29(27)43-14-7-12(32)16-19(35)22(38)24(45-26(16)25(14)41-3)10-4-5-11(31)13(6-10)40-2/h4-7,9,15,17-18,20-21,23,27-34,36-39H,8H2,1-3H3/t9?,15?,17-,18+,20-,21-,23?,27?,28-,29+/m0/s1. The Morgan fingerprint density at radius 2 is 1.52 bits per heavy atom. The molecule has 252 valence electrons. The molecule has 17 heteroatoms. The summed E-state index contributed by atoms with van der Waals surface area (Å²) in [5.41, 5.74) is -1.37. The summed E-state index contributed by atoms with van der Waals surface area (Å²) < 4.78 is 39.1. The maximum atomic E-state index is 13.2. The molecule has 0 saturated carbocycles. The number of hydrogen-bond donors (Lipinski definition) is 9. The number of methoxy groups -OCH3 is 2. The van der Waals surface area contributed by atoms with E-state index in [0.717, 1.165) is 6.07 Å². The summed E-state index contributed by atoms with van der Waals surface area (Å²) >= 11 is 0. The molecule has 3 aromatic rings. The number of benzene rings is 2. The average molecular weight is 655 g/mol. The van der Waals surface area contributed by atoms with Crippen molar-refractivity contribution in [3.05, 3.63) is 34.5 Å². The number of aromatic hydroxyl groups is 3. The molecule has 0 amide bonds. The maximum Gasteiger partial charge on any atom is 0.238 e. The van der Waals surface area contributed by atoms with Crippen molar-refractivity contribution in [2.75, 3.05) is 20.8 Å². The molecule has 9 N–H and O–H groups in total. The molecule has 3 heterocycles. The van der Waals surface area contributed by atoms with Crippen molar-refractivity contribution in [1.29, 1.82) is 0 Å². The molecule has 5 rings (SSSR count). The van der Waals surface area contributed by atoms with Crippen LogP contribution < -0.4 is 19.6 Å². The summed E-state index contributed by atoms with van der Waals surface area (Å²) in [5.74, 6) is -2.94. The van der Waals surface area contributed by atoms with Crippen molar-refractivity contribution < 1.29 is 78.8 Å². The number of fused-ring (bicyclic) bond motifs is 1. The quantitative estimate of drug-likeness (QED) is 0.135. The molecule has 10 atom stereocenters. The van der Waals surface area contributed by atoms with Gasteiger partial charge in [-0.3, -0.25) is 4.79 Å². The molecule has 17 nitrogen and oxygen atoms in total. The molecule has 0 spiro atoms. The van der Waals surface area contributed by atoms with E-state index in [0.29, 0.717) is 0 Å². The zero-order valence-corrected chi connectivity index (χ0v) is 24.6. The second-order valence-corrected chi connectivity index (χ2v) is 10.7. The molecule has 1 aromatic heterocycles. The van der Waals surface area contributed by atoms with E-state index in [9.17, 15) is 50.8 Å². The molecule has 0 aliphatic carbocycles. The fourth-order valence-electron chi connectivity index (χ4n) is 5.29. The van der Waals surface area contributed by atoms with Gasteiger partial charge in [-0.05, 0) is 25.1 Å². The lowest BCUT2D eigenvalue weighted by atomic mass is 9.97. The number of phenols is 2. The van der Waals surface area contributed by atoms with Crippen LogP contribution in [0, 0.1) is 0 Å². The summed E-state index contributed by atoms with van der Waals surface area (Å²) in [6.07, 6.45) is -16.1. The van der Waals surface area contributed by atoms with Gasteiger partial charge in [0.2, 0.25) is 23.2 Å². The van der Waals surface area contributed by atoms with Gasteiger partial charge >= 0.3 is 0 Å². The molecule has 46 heavy (non-hydrogen) atoms. The predicted octanol–water partition coefficient (Wildman–Crippen LogP) is -1.38. The van der Waals surface area contributed by atoms with Gasteiger partial charge in [0, 0.05) is 11.6 Å². The van der Waals surface area contributed by atoms with Crippen LogP contribution >= 0.6 is 0 Å². The molecular weight excluding hydrogens is 620 g/mol. The average Bonchev–Trinajstić information content (AvgIpc) is 3.03. The van der Waals surface area contributed by atoms with Gasteiger partial charge in [-0.1, -0.05) is 0 Å². The first-order valence-corrected chi connectivity index (χ1v) is 13.9. The third kappa shape index (κ3) is 5.76. The van der Waals surface area contributed by atoms with Gasteiger partial charge in [-0.25, -0.2) is 0 Å². The Hall–Kier alpha value is -3.91. The predicted molar refractivity (Wildman–Crippen MR) is 152 cm³/mol. The number of hydrogen-bond acceptors (Lipinski definition) is 17. The van der Waals surface area contributed by atoms with Crippen LogP contribution in [0.3, 0.4) is 0 Å². The molecular formula is C29H34O17. The van der Waals surface area contributed by atoms with E-state index in [4.69, 9.17) is 32.8 Å². The summed E-state index contributed by atoms with van der Waals surface area (Å²) in [6.45, 7) is 0.606. The number of aliphatic hydroxyl groups excluding tert-OH is 6. The third-order valence-electron chi connectivity index (χ3n) is 7.86. The van der Waals surface area contributed by atoms with Crippen molar-refractivity contribution in [2.24, 2.45) is 0 Å². The molecule has 2 aliphatic heterocycles. The van der Waals surface area contributed by atoms with Gasteiger partial charge in [-0.15, -0.1) is 0 Å². The van der Waals surface area contributed by atoms with Crippen LogP contribution in [0.2, 0.25) is 0 Å². The van der Waals surface area contributed by atoms with Gasteiger partial charge in [0.05, 0.1) is 26.9 Å². The summed E-state index contributed by atoms with van der Waals surface area (Å²) in [4.78, 5) is 13.2. The van der Waals surface area contributed by atoms with Crippen molar-refractivity contribution in [3.63, 3.8) is 0 Å². The Bertz CT molecular complexity index is 1620. The van der Waals surface area contributed by atoms with Crippen molar-refractivity contribution in [3.8, 4) is 45.8 Å². The highest BCUT2D eigenvalue weighted by atomic mass is 16.8. The first-order valence-electron chi connectivity index (χ1n) is 13.9. The lowest BCUT2D eigenvalue weighted by Gasteiger charge is -2.45. The SMILES string of the molecule is COc1cc(-c2oc3c(OC)c(O[C@@H]4OC(CO)[C@@H](O)[C@H](O)C4O[C@@H]4OC(C)[C@H](O)[C@H](O)C4O)cc(O)c3c(=O)c2O)ccc1O. The Kier molecular flexibility index (Phi) is 9.50. The van der Waals surface area contributed by atoms with E-state index < -0.39 is 102 Å². The minimum atomic E-state index is -1.85. The lowest BCUT2D eigenvalue weighted by molar-refractivity contribution is -0.354. The van der Waals surface area contributed by atoms with Crippen LogP contribution in [-0.4, -0.2) is 128 Å². The number of ether oxygens (including phenoxy) is 6. The van der Waals surface area contributed by atoms with Crippen LogP contribution in [0.15, 0.2) is 33.5 Å². The largest absolute Gasteiger partial charge is 0.507 e. The topological polar surface area (TPSA) is 268 Å². The van der Waals surface area contributed by atoms with Crippen LogP contribution in [0.1, 0.15) is 6.92 Å². The van der Waals surface area contributed by atoms with E-state index in [2.05, 4.69) is 0 Å². The Labute approximate surface area is 259 Å². The lowest BCUT2D eigenvalue weighted by Crippen LogP contribution is -2.64. The fourth-order valence-corrected chi connectivity index (χ4v) is 5.29. The van der Waals surface area contributed by atoms with Crippen molar-refractivity contribution in [2.45, 2.75) is 68.3 Å².